The van der Waals surface area contributed by atoms with Crippen LogP contribution in [0.4, 0.5) is 4.39 Å². The Morgan fingerprint density at radius 1 is 1.43 bits per heavy atom. The van der Waals surface area contributed by atoms with Gasteiger partial charge in [-0.1, -0.05) is 17.7 Å². The van der Waals surface area contributed by atoms with Gasteiger partial charge in [-0.3, -0.25) is 4.79 Å². The van der Waals surface area contributed by atoms with Crippen LogP contribution in [0.1, 0.15) is 30.7 Å². The van der Waals surface area contributed by atoms with Gasteiger partial charge in [-0.25, -0.2) is 4.39 Å². The van der Waals surface area contributed by atoms with E-state index in [0.29, 0.717) is 29.8 Å². The minimum Gasteiger partial charge on any atom is -0.380 e. The highest BCUT2D eigenvalue weighted by molar-refractivity contribution is 7.99. The maximum atomic E-state index is 13.8. The fourth-order valence-corrected chi connectivity index (χ4v) is 4.25. The molecule has 0 spiro atoms. The Labute approximate surface area is 132 Å². The number of nitrogens with one attached hydrogen (secondary N) is 1. The van der Waals surface area contributed by atoms with E-state index in [0.717, 1.165) is 11.5 Å². The van der Waals surface area contributed by atoms with Crippen molar-refractivity contribution in [3.8, 4) is 0 Å². The summed E-state index contributed by atoms with van der Waals surface area (Å²) in [6.07, 6.45) is 1.61. The lowest BCUT2D eigenvalue weighted by Gasteiger charge is -2.30. The molecule has 2 atom stereocenters. The Hall–Kier alpha value is -0.780. The van der Waals surface area contributed by atoms with Crippen LogP contribution in [0.5, 0.6) is 0 Å². The third kappa shape index (κ3) is 3.05. The van der Waals surface area contributed by atoms with Crippen LogP contribution in [-0.4, -0.2) is 34.2 Å². The Morgan fingerprint density at radius 3 is 2.81 bits per heavy atom. The van der Waals surface area contributed by atoms with E-state index >= 15 is 0 Å². The van der Waals surface area contributed by atoms with Crippen LogP contribution in [0.2, 0.25) is 5.02 Å². The minimum absolute atomic E-state index is 0.0933. The monoisotopic (exact) mass is 329 g/mol. The molecule has 6 heteroatoms. The first-order chi connectivity index (χ1) is 10.0. The number of amides is 1. The number of benzene rings is 1. The second-order valence-corrected chi connectivity index (χ2v) is 7.33. The third-order valence-corrected chi connectivity index (χ3v) is 5.54. The molecule has 2 unspecified atom stereocenters. The molecule has 1 aromatic carbocycles. The van der Waals surface area contributed by atoms with Gasteiger partial charge in [0, 0.05) is 22.5 Å². The maximum Gasteiger partial charge on any atom is 0.252 e. The van der Waals surface area contributed by atoms with E-state index in [1.54, 1.807) is 23.9 Å². The molecule has 21 heavy (non-hydrogen) atoms. The molecule has 0 bridgehead atoms. The number of rotatable bonds is 3. The number of aliphatic hydroxyl groups is 1. The highest BCUT2D eigenvalue weighted by atomic mass is 35.5. The van der Waals surface area contributed by atoms with Crippen molar-refractivity contribution in [1.29, 1.82) is 0 Å². The predicted octanol–water partition coefficient (Wildman–Crippen LogP) is 2.71. The first-order valence-corrected chi connectivity index (χ1v) is 8.59. The average Bonchev–Trinajstić information content (AvgIpc) is 3.18. The van der Waals surface area contributed by atoms with Gasteiger partial charge in [-0.2, -0.15) is 11.8 Å². The van der Waals surface area contributed by atoms with Gasteiger partial charge >= 0.3 is 0 Å². The molecule has 3 nitrogen and oxygen atoms in total. The van der Waals surface area contributed by atoms with Crippen LogP contribution in [0.25, 0.3) is 0 Å². The highest BCUT2D eigenvalue weighted by Gasteiger charge is 2.46. The number of carbonyl (C=O) groups excluding carboxylic acids is 1. The number of thioether (sulfide) groups is 1. The van der Waals surface area contributed by atoms with Gasteiger partial charge in [0.2, 0.25) is 0 Å². The molecule has 2 fully saturated rings. The molecule has 0 aromatic heterocycles. The SMILES string of the molecule is O=C(NC1CC1c1c(F)cccc1Cl)C1(O)CCSCC1. The predicted molar refractivity (Wildman–Crippen MR) is 82.2 cm³/mol. The minimum atomic E-state index is -1.27. The molecular weight excluding hydrogens is 313 g/mol. The molecule has 1 aliphatic heterocycles. The number of halogens is 2. The molecule has 3 rings (SSSR count). The van der Waals surface area contributed by atoms with E-state index in [1.807, 2.05) is 0 Å². The van der Waals surface area contributed by atoms with E-state index in [2.05, 4.69) is 5.32 Å². The molecule has 1 amide bonds. The topological polar surface area (TPSA) is 49.3 Å². The quantitative estimate of drug-likeness (QED) is 0.896. The molecule has 2 N–H and O–H groups in total. The summed E-state index contributed by atoms with van der Waals surface area (Å²) >= 11 is 7.78. The summed E-state index contributed by atoms with van der Waals surface area (Å²) in [4.78, 5) is 12.2. The lowest BCUT2D eigenvalue weighted by molar-refractivity contribution is -0.140. The summed E-state index contributed by atoms with van der Waals surface area (Å²) in [5.74, 6) is 0.818. The van der Waals surface area contributed by atoms with Crippen LogP contribution < -0.4 is 5.32 Å². The van der Waals surface area contributed by atoms with E-state index in [-0.39, 0.29) is 23.7 Å². The molecular formula is C15H17ClFNO2S. The Kier molecular flexibility index (Phi) is 4.17. The van der Waals surface area contributed by atoms with Crippen LogP contribution in [0.15, 0.2) is 18.2 Å². The molecule has 1 saturated carbocycles. The zero-order chi connectivity index (χ0) is 15.0. The van der Waals surface area contributed by atoms with Crippen molar-refractivity contribution in [3.63, 3.8) is 0 Å². The van der Waals surface area contributed by atoms with Gasteiger partial charge in [0.1, 0.15) is 11.4 Å². The average molecular weight is 330 g/mol. The largest absolute Gasteiger partial charge is 0.380 e. The van der Waals surface area contributed by atoms with Crippen molar-refractivity contribution in [2.45, 2.75) is 36.8 Å². The number of hydrogen-bond donors (Lipinski definition) is 2. The second-order valence-electron chi connectivity index (χ2n) is 5.70. The van der Waals surface area contributed by atoms with Crippen molar-refractivity contribution in [2.75, 3.05) is 11.5 Å². The maximum absolute atomic E-state index is 13.8. The van der Waals surface area contributed by atoms with Crippen molar-refractivity contribution in [2.24, 2.45) is 0 Å². The van der Waals surface area contributed by atoms with Gasteiger partial charge in [-0.05, 0) is 42.9 Å². The Morgan fingerprint density at radius 2 is 2.14 bits per heavy atom. The Bertz CT molecular complexity index is 542. The number of carbonyl (C=O) groups is 1. The molecule has 1 heterocycles. The van der Waals surface area contributed by atoms with Crippen molar-refractivity contribution >= 4 is 29.3 Å². The normalized spacial score (nSPS) is 27.2. The first kappa shape index (κ1) is 15.1. The van der Waals surface area contributed by atoms with Crippen LogP contribution in [0, 0.1) is 5.82 Å². The van der Waals surface area contributed by atoms with E-state index < -0.39 is 5.60 Å². The van der Waals surface area contributed by atoms with Gasteiger partial charge in [0.15, 0.2) is 0 Å². The molecule has 2 aliphatic rings. The van der Waals surface area contributed by atoms with E-state index in [9.17, 15) is 14.3 Å². The Balaban J connectivity index is 1.65. The van der Waals surface area contributed by atoms with Gasteiger partial charge < -0.3 is 10.4 Å². The zero-order valence-electron chi connectivity index (χ0n) is 11.4. The van der Waals surface area contributed by atoms with Gasteiger partial charge in [-0.15, -0.1) is 0 Å². The summed E-state index contributed by atoms with van der Waals surface area (Å²) in [6, 6.07) is 4.47. The molecule has 1 saturated heterocycles. The third-order valence-electron chi connectivity index (χ3n) is 4.22. The van der Waals surface area contributed by atoms with Crippen LogP contribution >= 0.6 is 23.4 Å². The van der Waals surface area contributed by atoms with Gasteiger partial charge in [0.25, 0.3) is 5.91 Å². The molecule has 0 radical (unpaired) electrons. The summed E-state index contributed by atoms with van der Waals surface area (Å²) in [6.45, 7) is 0. The molecule has 114 valence electrons. The molecule has 1 aromatic rings. The summed E-state index contributed by atoms with van der Waals surface area (Å²) in [7, 11) is 0. The smallest absolute Gasteiger partial charge is 0.252 e. The fraction of sp³-hybridized carbons (Fsp3) is 0.533. The molecule has 1 aliphatic carbocycles. The highest BCUT2D eigenvalue weighted by Crippen LogP contribution is 2.45. The summed E-state index contributed by atoms with van der Waals surface area (Å²) in [5.41, 5.74) is -0.798. The van der Waals surface area contributed by atoms with E-state index in [4.69, 9.17) is 11.6 Å². The standard InChI is InChI=1S/C15H17ClFNO2S/c16-10-2-1-3-11(17)13(10)9-8-12(9)18-14(19)15(20)4-6-21-7-5-15/h1-3,9,12,20H,4-8H2,(H,18,19). The second kappa shape index (κ2) is 5.78. The lowest BCUT2D eigenvalue weighted by Crippen LogP contribution is -2.50. The van der Waals surface area contributed by atoms with E-state index in [1.165, 1.54) is 6.07 Å². The summed E-state index contributed by atoms with van der Waals surface area (Å²) < 4.78 is 13.8. The van der Waals surface area contributed by atoms with Crippen molar-refractivity contribution in [3.05, 3.63) is 34.6 Å². The van der Waals surface area contributed by atoms with Crippen LogP contribution in [-0.2, 0) is 4.79 Å². The lowest BCUT2D eigenvalue weighted by atomic mass is 9.95. The zero-order valence-corrected chi connectivity index (χ0v) is 13.0. The fourth-order valence-electron chi connectivity index (χ4n) is 2.78. The van der Waals surface area contributed by atoms with Gasteiger partial charge in [0.05, 0.1) is 0 Å². The first-order valence-electron chi connectivity index (χ1n) is 7.06. The van der Waals surface area contributed by atoms with Crippen molar-refractivity contribution < 1.29 is 14.3 Å². The summed E-state index contributed by atoms with van der Waals surface area (Å²) in [5, 5.41) is 13.6. The van der Waals surface area contributed by atoms with Crippen molar-refractivity contribution in [1.82, 2.24) is 5.32 Å². The van der Waals surface area contributed by atoms with Crippen LogP contribution in [0.3, 0.4) is 0 Å². The number of hydrogen-bond acceptors (Lipinski definition) is 3.